The van der Waals surface area contributed by atoms with Crippen molar-refractivity contribution in [2.75, 3.05) is 19.8 Å². The predicted molar refractivity (Wildman–Crippen MR) is 45.4 cm³/mol. The third-order valence-electron chi connectivity index (χ3n) is 1.02. The second-order valence-corrected chi connectivity index (χ2v) is 3.36. The lowest BCUT2D eigenvalue weighted by Crippen LogP contribution is -2.21. The molecule has 0 rings (SSSR count). The van der Waals surface area contributed by atoms with Gasteiger partial charge in [-0.05, 0) is 34.1 Å². The first-order valence-electron chi connectivity index (χ1n) is 3.98. The van der Waals surface area contributed by atoms with E-state index in [9.17, 15) is 0 Å². The summed E-state index contributed by atoms with van der Waals surface area (Å²) in [6.45, 7) is 13.2. The van der Waals surface area contributed by atoms with Crippen LogP contribution in [-0.2, 0) is 9.47 Å². The fraction of sp³-hybridized carbons (Fsp3) is 0.889. The van der Waals surface area contributed by atoms with E-state index in [0.717, 1.165) is 0 Å². The molecule has 0 aliphatic rings. The van der Waals surface area contributed by atoms with Crippen LogP contribution in [0.4, 0.5) is 0 Å². The number of ether oxygens (including phenoxy) is 2. The van der Waals surface area contributed by atoms with Gasteiger partial charge in [-0.1, -0.05) is 0 Å². The van der Waals surface area contributed by atoms with E-state index in [1.807, 2.05) is 20.8 Å². The van der Waals surface area contributed by atoms with E-state index in [2.05, 4.69) is 0 Å². The van der Waals surface area contributed by atoms with Crippen molar-refractivity contribution >= 4 is 0 Å². The Balaban J connectivity index is 3.02. The molecule has 0 N–H and O–H groups in total. The van der Waals surface area contributed by atoms with E-state index in [1.54, 1.807) is 0 Å². The molecule has 2 heteroatoms. The zero-order valence-corrected chi connectivity index (χ0v) is 7.72. The first kappa shape index (κ1) is 10.9. The maximum atomic E-state index is 5.41. The second-order valence-electron chi connectivity index (χ2n) is 3.36. The monoisotopic (exact) mass is 158 g/mol. The minimum Gasteiger partial charge on any atom is -0.379 e. The van der Waals surface area contributed by atoms with E-state index >= 15 is 0 Å². The molecule has 0 amide bonds. The normalized spacial score (nSPS) is 12.0. The molecular formula is C9H18O2. The number of rotatable bonds is 5. The molecular weight excluding hydrogens is 140 g/mol. The first-order valence-corrected chi connectivity index (χ1v) is 3.98. The molecule has 0 aromatic carbocycles. The molecule has 66 valence electrons. The second kappa shape index (κ2) is 5.56. The molecule has 0 atom stereocenters. The van der Waals surface area contributed by atoms with Crippen LogP contribution in [0.5, 0.6) is 0 Å². The summed E-state index contributed by atoms with van der Waals surface area (Å²) in [6.07, 6.45) is 0.579. The van der Waals surface area contributed by atoms with Gasteiger partial charge in [0.15, 0.2) is 0 Å². The van der Waals surface area contributed by atoms with Crippen molar-refractivity contribution < 1.29 is 9.47 Å². The summed E-state index contributed by atoms with van der Waals surface area (Å²) in [4.78, 5) is 0. The van der Waals surface area contributed by atoms with E-state index in [0.29, 0.717) is 26.2 Å². The van der Waals surface area contributed by atoms with Gasteiger partial charge in [0.1, 0.15) is 0 Å². The summed E-state index contributed by atoms with van der Waals surface area (Å²) in [6, 6.07) is 0. The van der Waals surface area contributed by atoms with Crippen LogP contribution >= 0.6 is 0 Å². The highest BCUT2D eigenvalue weighted by Gasteiger charge is 2.08. The average molecular weight is 158 g/mol. The highest BCUT2D eigenvalue weighted by Crippen LogP contribution is 2.05. The van der Waals surface area contributed by atoms with Gasteiger partial charge >= 0.3 is 0 Å². The molecule has 0 heterocycles. The van der Waals surface area contributed by atoms with E-state index < -0.39 is 0 Å². The predicted octanol–water partition coefficient (Wildman–Crippen LogP) is 1.92. The summed E-state index contributed by atoms with van der Waals surface area (Å²) in [5, 5.41) is 0. The zero-order valence-electron chi connectivity index (χ0n) is 7.72. The fourth-order valence-corrected chi connectivity index (χ4v) is 0.592. The fourth-order valence-electron chi connectivity index (χ4n) is 0.592. The van der Waals surface area contributed by atoms with Gasteiger partial charge in [0.05, 0.1) is 18.8 Å². The Morgan fingerprint density at radius 1 is 1.09 bits per heavy atom. The number of hydrogen-bond donors (Lipinski definition) is 0. The maximum Gasteiger partial charge on any atom is 0.0707 e. The standard InChI is InChI=1S/C9H18O2/c1-5-6-10-7-8-11-9(2,3)4/h1H,5-8H2,2-4H3. The molecule has 0 aliphatic heterocycles. The smallest absolute Gasteiger partial charge is 0.0707 e. The largest absolute Gasteiger partial charge is 0.379 e. The summed E-state index contributed by atoms with van der Waals surface area (Å²) in [7, 11) is 0. The Bertz CT molecular complexity index is 84.1. The van der Waals surface area contributed by atoms with Crippen molar-refractivity contribution in [2.24, 2.45) is 0 Å². The highest BCUT2D eigenvalue weighted by molar-refractivity contribution is 4.57. The van der Waals surface area contributed by atoms with Crippen molar-refractivity contribution in [1.29, 1.82) is 0 Å². The van der Waals surface area contributed by atoms with Crippen molar-refractivity contribution in [3.63, 3.8) is 0 Å². The van der Waals surface area contributed by atoms with Crippen molar-refractivity contribution in [2.45, 2.75) is 32.8 Å². The van der Waals surface area contributed by atoms with Gasteiger partial charge in [0.25, 0.3) is 0 Å². The Hall–Kier alpha value is -0.0800. The van der Waals surface area contributed by atoms with Gasteiger partial charge in [-0.15, -0.1) is 0 Å². The SMILES string of the molecule is [CH]CCOCCOC(C)(C)C. The van der Waals surface area contributed by atoms with Crippen LogP contribution in [0.25, 0.3) is 0 Å². The van der Waals surface area contributed by atoms with Crippen LogP contribution in [0.1, 0.15) is 27.2 Å². The lowest BCUT2D eigenvalue weighted by molar-refractivity contribution is -0.0342. The molecule has 0 aliphatic carbocycles. The molecule has 0 unspecified atom stereocenters. The summed E-state index contributed by atoms with van der Waals surface area (Å²) in [5.41, 5.74) is -0.0634. The van der Waals surface area contributed by atoms with Gasteiger partial charge < -0.3 is 9.47 Å². The maximum absolute atomic E-state index is 5.41. The van der Waals surface area contributed by atoms with Crippen LogP contribution in [0.15, 0.2) is 0 Å². The Labute approximate surface area is 69.9 Å². The van der Waals surface area contributed by atoms with Crippen LogP contribution < -0.4 is 0 Å². The van der Waals surface area contributed by atoms with Gasteiger partial charge in [-0.3, -0.25) is 0 Å². The third-order valence-corrected chi connectivity index (χ3v) is 1.02. The highest BCUT2D eigenvalue weighted by atomic mass is 16.5. The summed E-state index contributed by atoms with van der Waals surface area (Å²) >= 11 is 0. The van der Waals surface area contributed by atoms with Crippen molar-refractivity contribution in [1.82, 2.24) is 0 Å². The Morgan fingerprint density at radius 3 is 2.18 bits per heavy atom. The third kappa shape index (κ3) is 9.92. The van der Waals surface area contributed by atoms with Crippen LogP contribution in [0.3, 0.4) is 0 Å². The summed E-state index contributed by atoms with van der Waals surface area (Å²) < 4.78 is 10.5. The molecule has 2 radical (unpaired) electrons. The minimum atomic E-state index is -0.0634. The topological polar surface area (TPSA) is 18.5 Å². The quantitative estimate of drug-likeness (QED) is 0.569. The van der Waals surface area contributed by atoms with Crippen LogP contribution in [0.2, 0.25) is 0 Å². The van der Waals surface area contributed by atoms with Gasteiger partial charge in [0, 0.05) is 6.61 Å². The van der Waals surface area contributed by atoms with E-state index in [1.165, 1.54) is 0 Å². The van der Waals surface area contributed by atoms with E-state index in [4.69, 9.17) is 16.4 Å². The molecule has 0 bridgehead atoms. The van der Waals surface area contributed by atoms with Gasteiger partial charge in [-0.25, -0.2) is 0 Å². The summed E-state index contributed by atoms with van der Waals surface area (Å²) in [5.74, 6) is 0. The van der Waals surface area contributed by atoms with Crippen molar-refractivity contribution in [3.8, 4) is 0 Å². The Kier molecular flexibility index (Phi) is 5.51. The molecule has 0 aromatic heterocycles. The molecule has 0 saturated carbocycles. The molecule has 11 heavy (non-hydrogen) atoms. The molecule has 0 spiro atoms. The molecule has 0 aromatic rings. The molecule has 2 nitrogen and oxygen atoms in total. The lowest BCUT2D eigenvalue weighted by Gasteiger charge is -2.19. The first-order chi connectivity index (χ1) is 5.06. The van der Waals surface area contributed by atoms with Crippen LogP contribution in [0, 0.1) is 6.92 Å². The zero-order chi connectivity index (χ0) is 8.74. The lowest BCUT2D eigenvalue weighted by atomic mass is 10.2. The molecule has 0 saturated heterocycles. The van der Waals surface area contributed by atoms with Crippen molar-refractivity contribution in [3.05, 3.63) is 6.92 Å². The average Bonchev–Trinajstić information content (AvgIpc) is 1.85. The van der Waals surface area contributed by atoms with Gasteiger partial charge in [-0.2, -0.15) is 0 Å². The Morgan fingerprint density at radius 2 is 1.73 bits per heavy atom. The van der Waals surface area contributed by atoms with Crippen LogP contribution in [-0.4, -0.2) is 25.4 Å². The van der Waals surface area contributed by atoms with Gasteiger partial charge in [0.2, 0.25) is 0 Å². The number of hydrogen-bond acceptors (Lipinski definition) is 2. The van der Waals surface area contributed by atoms with E-state index in [-0.39, 0.29) is 5.60 Å². The molecule has 0 fully saturated rings. The minimum absolute atomic E-state index is 0.0634.